The Kier molecular flexibility index (Phi) is 6.94. The molecule has 0 rings (SSSR count). The summed E-state index contributed by atoms with van der Waals surface area (Å²) in [6.45, 7) is 0. The summed E-state index contributed by atoms with van der Waals surface area (Å²) in [5.41, 5.74) is 5.22. The third-order valence-corrected chi connectivity index (χ3v) is 2.42. The Morgan fingerprint density at radius 3 is 2.53 bits per heavy atom. The number of carbonyl (C=O) groups is 2. The van der Waals surface area contributed by atoms with Gasteiger partial charge in [-0.2, -0.15) is 0 Å². The summed E-state index contributed by atoms with van der Waals surface area (Å²) in [5.74, 6) is -1.52. The van der Waals surface area contributed by atoms with Crippen LogP contribution in [0, 0.1) is 0 Å². The quantitative estimate of drug-likeness (QED) is 0.471. The molecule has 4 N–H and O–H groups in total. The second kappa shape index (κ2) is 7.39. The fraction of sp³-hybridized carbons (Fsp3) is 0.625. The maximum atomic E-state index is 11.2. The summed E-state index contributed by atoms with van der Waals surface area (Å²) in [4.78, 5) is 31.7. The predicted octanol–water partition coefficient (Wildman–Crippen LogP) is -1.91. The van der Waals surface area contributed by atoms with Gasteiger partial charge in [-0.25, -0.2) is 0 Å². The zero-order chi connectivity index (χ0) is 11.8. The van der Waals surface area contributed by atoms with E-state index >= 15 is 0 Å². The Morgan fingerprint density at radius 2 is 2.13 bits per heavy atom. The van der Waals surface area contributed by atoms with Gasteiger partial charge in [0.2, 0.25) is 0 Å². The van der Waals surface area contributed by atoms with Crippen molar-refractivity contribution in [3.63, 3.8) is 0 Å². The van der Waals surface area contributed by atoms with E-state index in [2.05, 4.69) is 21.3 Å². The van der Waals surface area contributed by atoms with Gasteiger partial charge in [0.15, 0.2) is 0 Å². The number of carboxylic acid groups (broad SMARTS) is 1. The molecule has 0 saturated heterocycles. The normalized spacial score (nSPS) is 14.0. The van der Waals surface area contributed by atoms with E-state index in [9.17, 15) is 14.4 Å². The molecular weight excluding hydrogens is 267 g/mol. The molecule has 0 spiro atoms. The van der Waals surface area contributed by atoms with Crippen molar-refractivity contribution in [2.24, 2.45) is 5.73 Å². The van der Waals surface area contributed by atoms with Gasteiger partial charge in [0.25, 0.3) is 0 Å². The summed E-state index contributed by atoms with van der Waals surface area (Å²) >= 11 is 2.09. The molecule has 0 fully saturated rings. The Hall–Kier alpha value is -0.911. The van der Waals surface area contributed by atoms with Crippen LogP contribution >= 0.6 is 0 Å². The van der Waals surface area contributed by atoms with Gasteiger partial charge in [0.1, 0.15) is 0 Å². The van der Waals surface area contributed by atoms with Crippen LogP contribution in [-0.4, -0.2) is 51.4 Å². The Morgan fingerprint density at radius 1 is 1.53 bits per heavy atom. The van der Waals surface area contributed by atoms with Gasteiger partial charge in [-0.3, -0.25) is 0 Å². The third-order valence-electron chi connectivity index (χ3n) is 1.65. The minimum absolute atomic E-state index is 0.0210. The first-order valence-corrected chi connectivity index (χ1v) is 5.60. The molecule has 0 unspecified atom stereocenters. The second-order valence-corrected chi connectivity index (χ2v) is 3.67. The fourth-order valence-electron chi connectivity index (χ4n) is 0.797. The van der Waals surface area contributed by atoms with E-state index < -0.39 is 24.0 Å². The number of amides is 1. The van der Waals surface area contributed by atoms with E-state index in [1.165, 1.54) is 6.29 Å². The fourth-order valence-corrected chi connectivity index (χ4v) is 1.32. The van der Waals surface area contributed by atoms with Crippen LogP contribution in [0.4, 0.5) is 0 Å². The standard InChI is InChI=1S/C8H13N2O4Se/c9-5(3-11)1-2-7(12)10-6(4-15)8(13)14/h5-6,15H,1-2,4,9H2,(H,10,12)(H,13,14)/t5-,6-/m0/s1. The van der Waals surface area contributed by atoms with Crippen LogP contribution in [0.15, 0.2) is 0 Å². The molecule has 0 aromatic carbocycles. The number of nitrogens with two attached hydrogens (primary N) is 1. The van der Waals surface area contributed by atoms with Gasteiger partial charge in [-0.15, -0.1) is 0 Å². The van der Waals surface area contributed by atoms with Crippen molar-refractivity contribution in [1.29, 1.82) is 0 Å². The number of aliphatic carboxylic acids is 1. The second-order valence-electron chi connectivity index (χ2n) is 2.90. The minimum atomic E-state index is -1.09. The monoisotopic (exact) mass is 281 g/mol. The van der Waals surface area contributed by atoms with Crippen LogP contribution in [0.25, 0.3) is 0 Å². The van der Waals surface area contributed by atoms with E-state index in [0.29, 0.717) is 0 Å². The number of hydrogen-bond donors (Lipinski definition) is 3. The molecular formula is C8H13N2O4Se. The van der Waals surface area contributed by atoms with Crippen molar-refractivity contribution in [2.45, 2.75) is 30.2 Å². The van der Waals surface area contributed by atoms with Crippen molar-refractivity contribution in [2.75, 3.05) is 0 Å². The first-order chi connectivity index (χ1) is 7.01. The molecule has 1 amide bonds. The number of hydrogen-bond acceptors (Lipinski definition) is 4. The summed E-state index contributed by atoms with van der Waals surface area (Å²) < 4.78 is 0. The van der Waals surface area contributed by atoms with Crippen LogP contribution in [0.3, 0.4) is 0 Å². The number of rotatable bonds is 7. The van der Waals surface area contributed by atoms with Crippen molar-refractivity contribution in [3.8, 4) is 0 Å². The van der Waals surface area contributed by atoms with Gasteiger partial charge in [-0.05, 0) is 0 Å². The summed E-state index contributed by atoms with van der Waals surface area (Å²) in [5, 5.41) is 11.2. The van der Waals surface area contributed by atoms with Gasteiger partial charge in [0.05, 0.1) is 0 Å². The molecule has 0 aliphatic rings. The molecule has 0 aliphatic heterocycles. The molecule has 2 atom stereocenters. The van der Waals surface area contributed by atoms with Gasteiger partial charge < -0.3 is 0 Å². The van der Waals surface area contributed by atoms with E-state index in [4.69, 9.17) is 10.8 Å². The molecule has 6 nitrogen and oxygen atoms in total. The summed E-state index contributed by atoms with van der Waals surface area (Å²) in [6.07, 6.45) is 1.73. The van der Waals surface area contributed by atoms with Crippen LogP contribution in [0.2, 0.25) is 5.32 Å². The van der Waals surface area contributed by atoms with Crippen molar-refractivity contribution in [1.82, 2.24) is 5.32 Å². The average Bonchev–Trinajstić information content (AvgIpc) is 2.21. The van der Waals surface area contributed by atoms with Crippen LogP contribution < -0.4 is 11.1 Å². The molecule has 0 bridgehead atoms. The van der Waals surface area contributed by atoms with Crippen LogP contribution in [-0.2, 0) is 14.4 Å². The van der Waals surface area contributed by atoms with Crippen LogP contribution in [0.1, 0.15) is 12.8 Å². The molecule has 85 valence electrons. The third kappa shape index (κ3) is 6.22. The number of carbonyl (C=O) groups excluding carboxylic acids is 2. The van der Waals surface area contributed by atoms with E-state index in [-0.39, 0.29) is 18.2 Å². The van der Waals surface area contributed by atoms with E-state index in [1.54, 1.807) is 0 Å². The molecule has 0 aliphatic carbocycles. The van der Waals surface area contributed by atoms with Gasteiger partial charge in [0, 0.05) is 0 Å². The van der Waals surface area contributed by atoms with E-state index in [1.807, 2.05) is 0 Å². The van der Waals surface area contributed by atoms with Crippen molar-refractivity contribution < 1.29 is 19.5 Å². The molecule has 15 heavy (non-hydrogen) atoms. The first-order valence-electron chi connectivity index (χ1n) is 4.27. The molecule has 0 saturated carbocycles. The Balaban J connectivity index is 3.91. The molecule has 0 aromatic rings. The van der Waals surface area contributed by atoms with Crippen LogP contribution in [0.5, 0.6) is 0 Å². The Bertz CT molecular complexity index is 247. The first kappa shape index (κ1) is 14.1. The molecule has 0 heterocycles. The summed E-state index contributed by atoms with van der Waals surface area (Å²) in [6, 6.07) is -1.70. The molecule has 1 radical (unpaired) electrons. The predicted molar refractivity (Wildman–Crippen MR) is 54.4 cm³/mol. The number of carboxylic acids is 1. The zero-order valence-electron chi connectivity index (χ0n) is 7.97. The van der Waals surface area contributed by atoms with Gasteiger partial charge >= 0.3 is 95.0 Å². The Labute approximate surface area is 95.4 Å². The topological polar surface area (TPSA) is 109 Å². The average molecular weight is 280 g/mol. The van der Waals surface area contributed by atoms with Crippen molar-refractivity contribution in [3.05, 3.63) is 0 Å². The SMILES string of the molecule is N[C@H]([C]=O)CCC(=O)N[C@@H](C[SeH])C(=O)O. The maximum absolute atomic E-state index is 11.2. The molecule has 0 aromatic heterocycles. The summed E-state index contributed by atoms with van der Waals surface area (Å²) in [7, 11) is 0. The van der Waals surface area contributed by atoms with Gasteiger partial charge in [-0.1, -0.05) is 0 Å². The van der Waals surface area contributed by atoms with Crippen molar-refractivity contribution >= 4 is 34.2 Å². The number of nitrogens with one attached hydrogen (secondary N) is 1. The zero-order valence-corrected chi connectivity index (χ0v) is 9.85. The van der Waals surface area contributed by atoms with E-state index in [0.717, 1.165) is 0 Å². The molecule has 7 heteroatoms.